The summed E-state index contributed by atoms with van der Waals surface area (Å²) in [4.78, 5) is 25.1. The van der Waals surface area contributed by atoms with Crippen LogP contribution in [0.3, 0.4) is 0 Å². The number of pyridine rings is 1. The lowest BCUT2D eigenvalue weighted by Crippen LogP contribution is -2.21. The van der Waals surface area contributed by atoms with Crippen LogP contribution in [-0.4, -0.2) is 35.2 Å². The Kier molecular flexibility index (Phi) is 5.37. The fourth-order valence-corrected chi connectivity index (χ4v) is 4.83. The minimum Gasteiger partial charge on any atom is -0.349 e. The second kappa shape index (κ2) is 7.50. The predicted molar refractivity (Wildman–Crippen MR) is 105 cm³/mol. The van der Waals surface area contributed by atoms with Gasteiger partial charge in [-0.3, -0.25) is 4.79 Å². The van der Waals surface area contributed by atoms with Gasteiger partial charge in [-0.05, 0) is 38.3 Å². The van der Waals surface area contributed by atoms with Crippen LogP contribution < -0.4 is 10.2 Å². The highest BCUT2D eigenvalue weighted by atomic mass is 32.2. The second-order valence-corrected chi connectivity index (χ2v) is 7.86. The third-order valence-corrected chi connectivity index (χ3v) is 6.42. The number of aromatic nitrogens is 2. The summed E-state index contributed by atoms with van der Waals surface area (Å²) in [5, 5.41) is 4.83. The molecule has 0 fully saturated rings. The molecule has 0 aliphatic heterocycles. The minimum absolute atomic E-state index is 0.117. The fraction of sp³-hybridized carbons (Fsp3) is 0.312. The number of thiophene rings is 1. The number of carbonyl (C=O) groups is 1. The van der Waals surface area contributed by atoms with Crippen molar-refractivity contribution in [3.8, 4) is 0 Å². The van der Waals surface area contributed by atoms with Crippen molar-refractivity contribution in [3.05, 3.63) is 29.3 Å². The average Bonchev–Trinajstić information content (AvgIpc) is 3.16. The molecule has 126 valence electrons. The third kappa shape index (κ3) is 3.55. The molecule has 3 rings (SSSR count). The predicted octanol–water partition coefficient (Wildman–Crippen LogP) is 4.57. The van der Waals surface area contributed by atoms with Crippen LogP contribution in [0.2, 0.25) is 0 Å². The summed E-state index contributed by atoms with van der Waals surface area (Å²) in [6, 6.07) is 5.68. The van der Waals surface area contributed by atoms with E-state index in [9.17, 15) is 4.79 Å². The second-order valence-electron chi connectivity index (χ2n) is 4.99. The average molecular weight is 379 g/mol. The first-order chi connectivity index (χ1) is 11.6. The van der Waals surface area contributed by atoms with Gasteiger partial charge in [0.2, 0.25) is 0 Å². The van der Waals surface area contributed by atoms with E-state index >= 15 is 0 Å². The van der Waals surface area contributed by atoms with Crippen LogP contribution in [0.1, 0.15) is 23.5 Å². The van der Waals surface area contributed by atoms with Gasteiger partial charge in [0.05, 0.1) is 26.5 Å². The summed E-state index contributed by atoms with van der Waals surface area (Å²) in [6.45, 7) is 6.11. The first-order valence-corrected chi connectivity index (χ1v) is 10.5. The highest BCUT2D eigenvalue weighted by molar-refractivity contribution is 7.98. The minimum atomic E-state index is -0.117. The van der Waals surface area contributed by atoms with Crippen molar-refractivity contribution < 1.29 is 4.79 Å². The SMILES string of the molecule is CCN(CC)c1nc2sc(C(=O)Nc3ccc(SC)nc3)cc2s1. The Morgan fingerprint density at radius 2 is 2.08 bits per heavy atom. The molecular weight excluding hydrogens is 360 g/mol. The normalized spacial score (nSPS) is 11.0. The van der Waals surface area contributed by atoms with Gasteiger partial charge in [0.15, 0.2) is 5.13 Å². The van der Waals surface area contributed by atoms with E-state index in [0.717, 1.165) is 32.8 Å². The van der Waals surface area contributed by atoms with Gasteiger partial charge in [-0.25, -0.2) is 9.97 Å². The standard InChI is InChI=1S/C16H18N4OS3/c1-4-20(5-2)16-19-15-12(24-16)8-11(23-15)14(21)18-10-6-7-13(22-3)17-9-10/h6-9H,4-5H2,1-3H3,(H,18,21). The number of hydrogen-bond donors (Lipinski definition) is 1. The molecule has 0 aliphatic carbocycles. The summed E-state index contributed by atoms with van der Waals surface area (Å²) >= 11 is 4.63. The Hall–Kier alpha value is -1.64. The lowest BCUT2D eigenvalue weighted by atomic mass is 10.4. The van der Waals surface area contributed by atoms with Gasteiger partial charge in [-0.2, -0.15) is 0 Å². The van der Waals surface area contributed by atoms with E-state index in [4.69, 9.17) is 0 Å². The lowest BCUT2D eigenvalue weighted by Gasteiger charge is -2.16. The molecule has 5 nitrogen and oxygen atoms in total. The molecule has 3 heterocycles. The first kappa shape index (κ1) is 17.2. The maximum atomic E-state index is 12.4. The van der Waals surface area contributed by atoms with Gasteiger partial charge < -0.3 is 10.2 Å². The molecular formula is C16H18N4OS3. The molecule has 3 aromatic rings. The number of fused-ring (bicyclic) bond motifs is 1. The van der Waals surface area contributed by atoms with Crippen LogP contribution in [0.15, 0.2) is 29.4 Å². The van der Waals surface area contributed by atoms with Crippen molar-refractivity contribution in [2.24, 2.45) is 0 Å². The molecule has 24 heavy (non-hydrogen) atoms. The van der Waals surface area contributed by atoms with Crippen molar-refractivity contribution in [3.63, 3.8) is 0 Å². The van der Waals surface area contributed by atoms with E-state index in [0.29, 0.717) is 10.6 Å². The molecule has 1 amide bonds. The van der Waals surface area contributed by atoms with Gasteiger partial charge in [0.25, 0.3) is 5.91 Å². The van der Waals surface area contributed by atoms with Gasteiger partial charge in [0.1, 0.15) is 4.83 Å². The number of carbonyl (C=O) groups excluding carboxylic acids is 1. The van der Waals surface area contributed by atoms with E-state index in [-0.39, 0.29) is 5.91 Å². The quantitative estimate of drug-likeness (QED) is 0.637. The Morgan fingerprint density at radius 1 is 1.29 bits per heavy atom. The molecule has 0 saturated heterocycles. The van der Waals surface area contributed by atoms with Crippen LogP contribution in [0.4, 0.5) is 10.8 Å². The van der Waals surface area contributed by atoms with Gasteiger partial charge in [-0.15, -0.1) is 23.1 Å². The number of thioether (sulfide) groups is 1. The van der Waals surface area contributed by atoms with Crippen molar-refractivity contribution in [1.29, 1.82) is 0 Å². The van der Waals surface area contributed by atoms with E-state index in [1.165, 1.54) is 11.3 Å². The van der Waals surface area contributed by atoms with E-state index in [1.54, 1.807) is 29.3 Å². The number of nitrogens with one attached hydrogen (secondary N) is 1. The van der Waals surface area contributed by atoms with Crippen molar-refractivity contribution in [1.82, 2.24) is 9.97 Å². The van der Waals surface area contributed by atoms with Crippen LogP contribution in [-0.2, 0) is 0 Å². The van der Waals surface area contributed by atoms with Crippen LogP contribution in [0, 0.1) is 0 Å². The summed E-state index contributed by atoms with van der Waals surface area (Å²) < 4.78 is 1.06. The number of rotatable bonds is 6. The lowest BCUT2D eigenvalue weighted by molar-refractivity contribution is 0.103. The summed E-state index contributed by atoms with van der Waals surface area (Å²) in [5.74, 6) is -0.117. The molecule has 8 heteroatoms. The molecule has 0 aliphatic rings. The molecule has 0 unspecified atom stereocenters. The molecule has 0 bridgehead atoms. The maximum Gasteiger partial charge on any atom is 0.265 e. The third-order valence-electron chi connectivity index (χ3n) is 3.54. The zero-order chi connectivity index (χ0) is 17.1. The van der Waals surface area contributed by atoms with Crippen molar-refractivity contribution in [2.45, 2.75) is 18.9 Å². The van der Waals surface area contributed by atoms with E-state index < -0.39 is 0 Å². The Morgan fingerprint density at radius 3 is 2.67 bits per heavy atom. The fourth-order valence-electron chi connectivity index (χ4n) is 2.23. The van der Waals surface area contributed by atoms with E-state index in [2.05, 4.69) is 34.0 Å². The van der Waals surface area contributed by atoms with Crippen molar-refractivity contribution >= 4 is 60.7 Å². The van der Waals surface area contributed by atoms with E-state index in [1.807, 2.05) is 24.5 Å². The van der Waals surface area contributed by atoms with Crippen LogP contribution in [0.5, 0.6) is 0 Å². The van der Waals surface area contributed by atoms with Crippen LogP contribution >= 0.6 is 34.4 Å². The summed E-state index contributed by atoms with van der Waals surface area (Å²) in [5.41, 5.74) is 0.700. The molecule has 0 aromatic carbocycles. The molecule has 0 atom stereocenters. The smallest absolute Gasteiger partial charge is 0.265 e. The Balaban J connectivity index is 1.76. The largest absolute Gasteiger partial charge is 0.349 e. The van der Waals surface area contributed by atoms with Gasteiger partial charge in [0, 0.05) is 13.1 Å². The summed E-state index contributed by atoms with van der Waals surface area (Å²) in [7, 11) is 0. The number of nitrogens with zero attached hydrogens (tertiary/aromatic N) is 3. The first-order valence-electron chi connectivity index (χ1n) is 7.61. The molecule has 0 saturated carbocycles. The zero-order valence-corrected chi connectivity index (χ0v) is 16.1. The molecule has 3 aromatic heterocycles. The Bertz CT molecular complexity index is 805. The topological polar surface area (TPSA) is 58.1 Å². The molecule has 0 spiro atoms. The highest BCUT2D eigenvalue weighted by Gasteiger charge is 2.16. The molecule has 1 N–H and O–H groups in total. The summed E-state index contributed by atoms with van der Waals surface area (Å²) in [6.07, 6.45) is 3.65. The van der Waals surface area contributed by atoms with Gasteiger partial charge >= 0.3 is 0 Å². The molecule has 0 radical (unpaired) electrons. The number of anilines is 2. The Labute approximate surface area is 153 Å². The highest BCUT2D eigenvalue weighted by Crippen LogP contribution is 2.34. The number of hydrogen-bond acceptors (Lipinski definition) is 7. The maximum absolute atomic E-state index is 12.4. The van der Waals surface area contributed by atoms with Crippen molar-refractivity contribution in [2.75, 3.05) is 29.6 Å². The van der Waals surface area contributed by atoms with Crippen LogP contribution in [0.25, 0.3) is 9.53 Å². The van der Waals surface area contributed by atoms with Gasteiger partial charge in [-0.1, -0.05) is 11.3 Å². The monoisotopic (exact) mass is 378 g/mol. The number of thiazole rings is 1. The zero-order valence-electron chi connectivity index (χ0n) is 13.7. The number of amides is 1.